The third kappa shape index (κ3) is 17.5. The van der Waals surface area contributed by atoms with Gasteiger partial charge in [-0.3, -0.25) is 0 Å². The summed E-state index contributed by atoms with van der Waals surface area (Å²) in [6, 6.07) is 0. The van der Waals surface area contributed by atoms with E-state index >= 15 is 0 Å². The second kappa shape index (κ2) is 18.5. The molecule has 20 heavy (non-hydrogen) atoms. The van der Waals surface area contributed by atoms with Gasteiger partial charge in [-0.05, 0) is 51.4 Å². The van der Waals surface area contributed by atoms with Crippen molar-refractivity contribution in [2.24, 2.45) is 0 Å². The highest BCUT2D eigenvalue weighted by Crippen LogP contribution is 2.08. The molecule has 0 fully saturated rings. The molecule has 0 aliphatic heterocycles. The highest BCUT2D eigenvalue weighted by atomic mass is 13.9. The summed E-state index contributed by atoms with van der Waals surface area (Å²) in [5.74, 6) is 0. The fourth-order valence-electron chi connectivity index (χ4n) is 2.37. The molecular weight excluding hydrogens is 240 g/mol. The van der Waals surface area contributed by atoms with E-state index in [1.165, 1.54) is 89.9 Å². The predicted molar refractivity (Wildman–Crippen MR) is 94.3 cm³/mol. The van der Waals surface area contributed by atoms with E-state index in [4.69, 9.17) is 0 Å². The summed E-state index contributed by atoms with van der Waals surface area (Å²) in [5, 5.41) is 0. The van der Waals surface area contributed by atoms with E-state index in [1.807, 2.05) is 0 Å². The third-order valence-corrected chi connectivity index (χ3v) is 3.77. The van der Waals surface area contributed by atoms with Crippen LogP contribution in [0.2, 0.25) is 0 Å². The second-order valence-electron chi connectivity index (χ2n) is 5.93. The van der Waals surface area contributed by atoms with Crippen LogP contribution in [0.4, 0.5) is 0 Å². The molecule has 0 spiro atoms. The molecule has 0 amide bonds. The van der Waals surface area contributed by atoms with E-state index < -0.39 is 0 Å². The second-order valence-corrected chi connectivity index (χ2v) is 5.93. The zero-order valence-electron chi connectivity index (χ0n) is 14.2. The molecule has 118 valence electrons. The van der Waals surface area contributed by atoms with Gasteiger partial charge in [0.05, 0.1) is 0 Å². The topological polar surface area (TPSA) is 0 Å². The Morgan fingerprint density at radius 2 is 0.700 bits per heavy atom. The van der Waals surface area contributed by atoms with Crippen LogP contribution in [-0.4, -0.2) is 0 Å². The first-order valence-corrected chi connectivity index (χ1v) is 9.21. The Labute approximate surface area is 128 Å². The molecule has 0 heterocycles. The molecule has 0 saturated heterocycles. The minimum atomic E-state index is 1.29. The molecule has 0 heteroatoms. The number of allylic oxidation sites excluding steroid dienone is 4. The van der Waals surface area contributed by atoms with E-state index in [0.29, 0.717) is 0 Å². The molecule has 0 atom stereocenters. The van der Waals surface area contributed by atoms with Gasteiger partial charge in [-0.1, -0.05) is 76.7 Å². The van der Waals surface area contributed by atoms with Gasteiger partial charge in [0, 0.05) is 0 Å². The van der Waals surface area contributed by atoms with Crippen molar-refractivity contribution in [1.82, 2.24) is 0 Å². The molecule has 0 aromatic rings. The summed E-state index contributed by atoms with van der Waals surface area (Å²) in [4.78, 5) is 0. The van der Waals surface area contributed by atoms with Gasteiger partial charge in [-0.2, -0.15) is 0 Å². The first-order valence-electron chi connectivity index (χ1n) is 9.21. The molecule has 0 aliphatic carbocycles. The maximum Gasteiger partial charge on any atom is -0.0351 e. The molecule has 0 rings (SSSR count). The predicted octanol–water partition coefficient (Wildman–Crippen LogP) is 7.60. The van der Waals surface area contributed by atoms with E-state index in [0.717, 1.165) is 0 Å². The quantitative estimate of drug-likeness (QED) is 0.214. The van der Waals surface area contributed by atoms with Crippen molar-refractivity contribution >= 4 is 0 Å². The maximum atomic E-state index is 2.39. The van der Waals surface area contributed by atoms with Gasteiger partial charge in [0.15, 0.2) is 0 Å². The molecule has 0 aromatic carbocycles. The molecule has 0 bridgehead atoms. The van der Waals surface area contributed by atoms with Crippen LogP contribution in [0.25, 0.3) is 0 Å². The fraction of sp³-hybridized carbons (Fsp3) is 0.800. The van der Waals surface area contributed by atoms with E-state index in [9.17, 15) is 0 Å². The molecule has 0 saturated carbocycles. The first kappa shape index (κ1) is 19.5. The largest absolute Gasteiger partial charge is 0.0885 e. The Morgan fingerprint density at radius 3 is 1.00 bits per heavy atom. The Kier molecular flexibility index (Phi) is 18.0. The van der Waals surface area contributed by atoms with Crippen molar-refractivity contribution in [3.05, 3.63) is 24.3 Å². The number of hydrogen-bond donors (Lipinski definition) is 0. The van der Waals surface area contributed by atoms with Crippen LogP contribution >= 0.6 is 0 Å². The lowest BCUT2D eigenvalue weighted by Crippen LogP contribution is -1.77. The van der Waals surface area contributed by atoms with Gasteiger partial charge in [-0.15, -0.1) is 0 Å². The van der Waals surface area contributed by atoms with Crippen molar-refractivity contribution in [1.29, 1.82) is 0 Å². The van der Waals surface area contributed by atoms with E-state index in [1.54, 1.807) is 0 Å². The molecule has 0 aromatic heterocycles. The van der Waals surface area contributed by atoms with Gasteiger partial charge in [0.25, 0.3) is 0 Å². The van der Waals surface area contributed by atoms with Crippen molar-refractivity contribution in [3.8, 4) is 0 Å². The highest BCUT2D eigenvalue weighted by molar-refractivity contribution is 4.82. The standard InChI is InChI=1S/C20H38/c1-3-5-7-9-11-13-15-17-19-20-18-16-14-12-10-8-6-4-2/h11-14H,3-10,15-20H2,1-2H3. The van der Waals surface area contributed by atoms with Crippen LogP contribution in [0.5, 0.6) is 0 Å². The molecule has 0 radical (unpaired) electrons. The monoisotopic (exact) mass is 278 g/mol. The Bertz CT molecular complexity index is 188. The Hall–Kier alpha value is -0.520. The van der Waals surface area contributed by atoms with Gasteiger partial charge in [0.1, 0.15) is 0 Å². The summed E-state index contributed by atoms with van der Waals surface area (Å²) in [7, 11) is 0. The number of hydrogen-bond acceptors (Lipinski definition) is 0. The van der Waals surface area contributed by atoms with Crippen LogP contribution in [0.15, 0.2) is 24.3 Å². The van der Waals surface area contributed by atoms with E-state index in [-0.39, 0.29) is 0 Å². The highest BCUT2D eigenvalue weighted by Gasteiger charge is 1.88. The lowest BCUT2D eigenvalue weighted by atomic mass is 10.1. The van der Waals surface area contributed by atoms with Gasteiger partial charge < -0.3 is 0 Å². The SMILES string of the molecule is CCCCCC=CCCCCCCC=CCCCCC. The van der Waals surface area contributed by atoms with Crippen LogP contribution < -0.4 is 0 Å². The molecular formula is C20H38. The lowest BCUT2D eigenvalue weighted by molar-refractivity contribution is 0.650. The molecule has 0 unspecified atom stereocenters. The molecule has 0 N–H and O–H groups in total. The van der Waals surface area contributed by atoms with Crippen molar-refractivity contribution < 1.29 is 0 Å². The third-order valence-electron chi connectivity index (χ3n) is 3.77. The fourth-order valence-corrected chi connectivity index (χ4v) is 2.37. The first-order chi connectivity index (χ1) is 9.91. The summed E-state index contributed by atoms with van der Waals surface area (Å²) < 4.78 is 0. The summed E-state index contributed by atoms with van der Waals surface area (Å²) in [6.07, 6.45) is 28.5. The summed E-state index contributed by atoms with van der Waals surface area (Å²) in [6.45, 7) is 4.54. The van der Waals surface area contributed by atoms with Crippen LogP contribution in [0.3, 0.4) is 0 Å². The molecule has 0 nitrogen and oxygen atoms in total. The minimum Gasteiger partial charge on any atom is -0.0885 e. The number of rotatable bonds is 15. The zero-order valence-corrected chi connectivity index (χ0v) is 14.2. The van der Waals surface area contributed by atoms with Crippen LogP contribution in [-0.2, 0) is 0 Å². The molecule has 0 aliphatic rings. The zero-order chi connectivity index (χ0) is 14.7. The van der Waals surface area contributed by atoms with Crippen LogP contribution in [0, 0.1) is 0 Å². The van der Waals surface area contributed by atoms with Gasteiger partial charge >= 0.3 is 0 Å². The lowest BCUT2D eigenvalue weighted by Gasteiger charge is -1.97. The number of unbranched alkanes of at least 4 members (excludes halogenated alkanes) is 11. The Balaban J connectivity index is 3.09. The average molecular weight is 279 g/mol. The maximum absolute atomic E-state index is 2.39. The Morgan fingerprint density at radius 1 is 0.400 bits per heavy atom. The van der Waals surface area contributed by atoms with Crippen LogP contribution in [0.1, 0.15) is 104 Å². The van der Waals surface area contributed by atoms with Gasteiger partial charge in [-0.25, -0.2) is 0 Å². The minimum absolute atomic E-state index is 1.29. The smallest absolute Gasteiger partial charge is 0.0351 e. The average Bonchev–Trinajstić information content (AvgIpc) is 2.47. The van der Waals surface area contributed by atoms with Crippen molar-refractivity contribution in [2.75, 3.05) is 0 Å². The normalized spacial score (nSPS) is 11.9. The van der Waals surface area contributed by atoms with Crippen molar-refractivity contribution in [2.45, 2.75) is 104 Å². The van der Waals surface area contributed by atoms with Crippen molar-refractivity contribution in [3.63, 3.8) is 0 Å². The summed E-state index contributed by atoms with van der Waals surface area (Å²) in [5.41, 5.74) is 0. The van der Waals surface area contributed by atoms with E-state index in [2.05, 4.69) is 38.2 Å². The van der Waals surface area contributed by atoms with Gasteiger partial charge in [0.2, 0.25) is 0 Å². The summed E-state index contributed by atoms with van der Waals surface area (Å²) >= 11 is 0.